The molecule has 0 aliphatic heterocycles. The predicted molar refractivity (Wildman–Crippen MR) is 43.4 cm³/mol. The number of ether oxygens (including phenoxy) is 1. The Bertz CT molecular complexity index is 144. The van der Waals surface area contributed by atoms with Gasteiger partial charge in [-0.1, -0.05) is 12.7 Å². The lowest BCUT2D eigenvalue weighted by Crippen LogP contribution is -2.22. The van der Waals surface area contributed by atoms with E-state index in [1.165, 1.54) is 6.08 Å². The Labute approximate surface area is 71.5 Å². The highest BCUT2D eigenvalue weighted by atomic mass is 16.5. The van der Waals surface area contributed by atoms with Crippen molar-refractivity contribution in [1.29, 1.82) is 0 Å². The van der Waals surface area contributed by atoms with E-state index in [0.717, 1.165) is 0 Å². The average Bonchev–Trinajstić information content (AvgIpc) is 2.10. The number of rotatable bonds is 6. The van der Waals surface area contributed by atoms with Crippen LogP contribution in [0.1, 0.15) is 6.42 Å². The second kappa shape index (κ2) is 6.82. The number of esters is 1. The van der Waals surface area contributed by atoms with Crippen LogP contribution in [0.3, 0.4) is 0 Å². The van der Waals surface area contributed by atoms with Gasteiger partial charge >= 0.3 is 5.97 Å². The molecule has 0 bridgehead atoms. The van der Waals surface area contributed by atoms with Gasteiger partial charge in [0.15, 0.2) is 0 Å². The van der Waals surface area contributed by atoms with Crippen LogP contribution in [0.2, 0.25) is 0 Å². The molecule has 1 unspecified atom stereocenters. The summed E-state index contributed by atoms with van der Waals surface area (Å²) < 4.78 is 4.67. The third-order valence-electron chi connectivity index (χ3n) is 1.37. The molecule has 0 rings (SSSR count). The van der Waals surface area contributed by atoms with E-state index in [0.29, 0.717) is 0 Å². The van der Waals surface area contributed by atoms with Crippen LogP contribution in [0.5, 0.6) is 0 Å². The van der Waals surface area contributed by atoms with Crippen LogP contribution >= 0.6 is 0 Å². The van der Waals surface area contributed by atoms with Gasteiger partial charge < -0.3 is 14.9 Å². The fourth-order valence-electron chi connectivity index (χ4n) is 0.698. The van der Waals surface area contributed by atoms with Gasteiger partial charge in [-0.3, -0.25) is 4.79 Å². The van der Waals surface area contributed by atoms with Crippen molar-refractivity contribution in [3.05, 3.63) is 12.7 Å². The number of aliphatic hydroxyl groups is 2. The van der Waals surface area contributed by atoms with Gasteiger partial charge in [-0.15, -0.1) is 0 Å². The van der Waals surface area contributed by atoms with Gasteiger partial charge in [-0.2, -0.15) is 0 Å². The molecule has 0 aliphatic rings. The second-order valence-corrected chi connectivity index (χ2v) is 2.31. The zero-order valence-corrected chi connectivity index (χ0v) is 6.90. The van der Waals surface area contributed by atoms with Crippen LogP contribution in [-0.4, -0.2) is 36.0 Å². The van der Waals surface area contributed by atoms with Crippen LogP contribution in [0.4, 0.5) is 0 Å². The van der Waals surface area contributed by atoms with E-state index in [2.05, 4.69) is 11.3 Å². The first-order valence-corrected chi connectivity index (χ1v) is 3.75. The Kier molecular flexibility index (Phi) is 6.32. The minimum Gasteiger partial charge on any atom is -0.461 e. The number of hydrogen-bond acceptors (Lipinski definition) is 4. The Morgan fingerprint density at radius 3 is 2.67 bits per heavy atom. The molecule has 0 radical (unpaired) electrons. The fourth-order valence-corrected chi connectivity index (χ4v) is 0.698. The van der Waals surface area contributed by atoms with Crippen molar-refractivity contribution >= 4 is 5.97 Å². The van der Waals surface area contributed by atoms with E-state index in [9.17, 15) is 4.79 Å². The highest BCUT2D eigenvalue weighted by Gasteiger charge is 2.17. The summed E-state index contributed by atoms with van der Waals surface area (Å²) in [7, 11) is 0. The Morgan fingerprint density at radius 1 is 1.58 bits per heavy atom. The molecule has 0 amide bonds. The van der Waals surface area contributed by atoms with E-state index < -0.39 is 11.9 Å². The monoisotopic (exact) mass is 174 g/mol. The van der Waals surface area contributed by atoms with Crippen LogP contribution in [0, 0.1) is 5.92 Å². The Hall–Kier alpha value is -0.870. The van der Waals surface area contributed by atoms with Crippen molar-refractivity contribution < 1.29 is 19.7 Å². The summed E-state index contributed by atoms with van der Waals surface area (Å²) >= 11 is 0. The minimum absolute atomic E-state index is 0.131. The first kappa shape index (κ1) is 11.1. The average molecular weight is 174 g/mol. The van der Waals surface area contributed by atoms with Crippen molar-refractivity contribution in [1.82, 2.24) is 0 Å². The zero-order valence-electron chi connectivity index (χ0n) is 6.90. The molecule has 4 heteroatoms. The molecule has 2 N–H and O–H groups in total. The molecule has 0 fully saturated rings. The molecule has 0 aromatic rings. The predicted octanol–water partition coefficient (Wildman–Crippen LogP) is -0.294. The summed E-state index contributed by atoms with van der Waals surface area (Å²) in [6.45, 7) is 3.09. The number of carbonyl (C=O) groups is 1. The molecular formula is C8H14O4. The standard InChI is InChI=1S/C8H14O4/c1-2-5-12-8(11)7(6-10)3-4-9/h2,7,9-10H,1,3-6H2. The van der Waals surface area contributed by atoms with E-state index >= 15 is 0 Å². The third kappa shape index (κ3) is 4.10. The largest absolute Gasteiger partial charge is 0.461 e. The molecule has 12 heavy (non-hydrogen) atoms. The highest BCUT2D eigenvalue weighted by Crippen LogP contribution is 2.03. The van der Waals surface area contributed by atoms with Gasteiger partial charge in [0, 0.05) is 6.61 Å². The normalized spacial score (nSPS) is 12.2. The lowest BCUT2D eigenvalue weighted by atomic mass is 10.1. The molecule has 0 aromatic carbocycles. The maximum atomic E-state index is 11.0. The highest BCUT2D eigenvalue weighted by molar-refractivity contribution is 5.72. The van der Waals surface area contributed by atoms with E-state index in [-0.39, 0.29) is 26.2 Å². The molecular weight excluding hydrogens is 160 g/mol. The van der Waals surface area contributed by atoms with Gasteiger partial charge in [0.1, 0.15) is 6.61 Å². The van der Waals surface area contributed by atoms with E-state index in [1.54, 1.807) is 0 Å². The van der Waals surface area contributed by atoms with Gasteiger partial charge in [0.25, 0.3) is 0 Å². The van der Waals surface area contributed by atoms with Crippen molar-refractivity contribution in [2.24, 2.45) is 5.92 Å². The summed E-state index contributed by atoms with van der Waals surface area (Å²) in [5, 5.41) is 17.2. The van der Waals surface area contributed by atoms with Crippen molar-refractivity contribution in [2.45, 2.75) is 6.42 Å². The van der Waals surface area contributed by atoms with Gasteiger partial charge in [0.05, 0.1) is 12.5 Å². The third-order valence-corrected chi connectivity index (χ3v) is 1.37. The number of hydrogen-bond donors (Lipinski definition) is 2. The molecule has 1 atom stereocenters. The quantitative estimate of drug-likeness (QED) is 0.429. The molecule has 0 aromatic heterocycles. The van der Waals surface area contributed by atoms with Crippen LogP contribution in [-0.2, 0) is 9.53 Å². The SMILES string of the molecule is C=CCOC(=O)C(CO)CCO. The van der Waals surface area contributed by atoms with E-state index in [4.69, 9.17) is 10.2 Å². The van der Waals surface area contributed by atoms with Gasteiger partial charge in [0.2, 0.25) is 0 Å². The maximum absolute atomic E-state index is 11.0. The summed E-state index contributed by atoms with van der Waals surface area (Å²) in [6, 6.07) is 0. The van der Waals surface area contributed by atoms with Crippen LogP contribution < -0.4 is 0 Å². The Balaban J connectivity index is 3.76. The Morgan fingerprint density at radius 2 is 2.25 bits per heavy atom. The first-order chi connectivity index (χ1) is 5.76. The zero-order chi connectivity index (χ0) is 9.40. The summed E-state index contributed by atoms with van der Waals surface area (Å²) in [6.07, 6.45) is 1.68. The van der Waals surface area contributed by atoms with Gasteiger partial charge in [-0.05, 0) is 6.42 Å². The number of aliphatic hydroxyl groups excluding tert-OH is 2. The summed E-state index contributed by atoms with van der Waals surface area (Å²) in [5.74, 6) is -1.11. The molecule has 70 valence electrons. The number of carbonyl (C=O) groups excluding carboxylic acids is 1. The topological polar surface area (TPSA) is 66.8 Å². The van der Waals surface area contributed by atoms with Crippen molar-refractivity contribution in [2.75, 3.05) is 19.8 Å². The maximum Gasteiger partial charge on any atom is 0.311 e. The minimum atomic E-state index is -0.616. The smallest absolute Gasteiger partial charge is 0.311 e. The molecule has 0 aliphatic carbocycles. The summed E-state index contributed by atoms with van der Waals surface area (Å²) in [5.41, 5.74) is 0. The second-order valence-electron chi connectivity index (χ2n) is 2.31. The van der Waals surface area contributed by atoms with Gasteiger partial charge in [-0.25, -0.2) is 0 Å². The summed E-state index contributed by atoms with van der Waals surface area (Å²) in [4.78, 5) is 11.0. The van der Waals surface area contributed by atoms with Crippen LogP contribution in [0.15, 0.2) is 12.7 Å². The van der Waals surface area contributed by atoms with Crippen molar-refractivity contribution in [3.63, 3.8) is 0 Å². The lowest BCUT2D eigenvalue weighted by molar-refractivity contribution is -0.149. The molecule has 0 heterocycles. The molecule has 0 saturated carbocycles. The molecule has 0 spiro atoms. The van der Waals surface area contributed by atoms with Crippen molar-refractivity contribution in [3.8, 4) is 0 Å². The fraction of sp³-hybridized carbons (Fsp3) is 0.625. The lowest BCUT2D eigenvalue weighted by Gasteiger charge is -2.10. The van der Waals surface area contributed by atoms with E-state index in [1.807, 2.05) is 0 Å². The first-order valence-electron chi connectivity index (χ1n) is 3.75. The molecule has 4 nitrogen and oxygen atoms in total. The molecule has 0 saturated heterocycles. The van der Waals surface area contributed by atoms with Crippen LogP contribution in [0.25, 0.3) is 0 Å².